The van der Waals surface area contributed by atoms with E-state index in [-0.39, 0.29) is 5.91 Å². The molecule has 1 aromatic carbocycles. The molecule has 4 heteroatoms. The summed E-state index contributed by atoms with van der Waals surface area (Å²) in [5, 5.41) is 2.84. The van der Waals surface area contributed by atoms with Gasteiger partial charge in [-0.2, -0.15) is 0 Å². The highest BCUT2D eigenvalue weighted by Crippen LogP contribution is 2.25. The summed E-state index contributed by atoms with van der Waals surface area (Å²) in [6.07, 6.45) is 1.19. The van der Waals surface area contributed by atoms with E-state index < -0.39 is 0 Å². The van der Waals surface area contributed by atoms with E-state index in [1.807, 2.05) is 25.1 Å². The summed E-state index contributed by atoms with van der Waals surface area (Å²) in [4.78, 5) is 11.4. The maximum atomic E-state index is 11.4. The maximum Gasteiger partial charge on any atom is 0.224 e. The van der Waals surface area contributed by atoms with Gasteiger partial charge in [0, 0.05) is 10.9 Å². The van der Waals surface area contributed by atoms with Crippen LogP contribution in [0.25, 0.3) is 0 Å². The number of nitrogens with two attached hydrogens (primary N) is 1. The number of hydrogen-bond acceptors (Lipinski definition) is 2. The largest absolute Gasteiger partial charge is 0.330 e. The van der Waals surface area contributed by atoms with Gasteiger partial charge in [0.15, 0.2) is 0 Å². The van der Waals surface area contributed by atoms with Gasteiger partial charge < -0.3 is 11.1 Å². The second-order valence-corrected chi connectivity index (χ2v) is 4.17. The third kappa shape index (κ3) is 3.64. The molecule has 0 heterocycles. The molecule has 1 rings (SSSR count). The van der Waals surface area contributed by atoms with Crippen LogP contribution in [0.15, 0.2) is 22.7 Å². The molecule has 0 aliphatic rings. The fourth-order valence-electron chi connectivity index (χ4n) is 1.22. The monoisotopic (exact) mass is 270 g/mol. The van der Waals surface area contributed by atoms with Crippen molar-refractivity contribution in [2.75, 3.05) is 11.9 Å². The molecular weight excluding hydrogens is 256 g/mol. The second-order valence-electron chi connectivity index (χ2n) is 3.38. The molecule has 0 fully saturated rings. The normalized spacial score (nSPS) is 10.1. The number of anilines is 1. The van der Waals surface area contributed by atoms with Crippen LogP contribution in [0.2, 0.25) is 0 Å². The Morgan fingerprint density at radius 2 is 2.27 bits per heavy atom. The van der Waals surface area contributed by atoms with Gasteiger partial charge in [0.1, 0.15) is 0 Å². The van der Waals surface area contributed by atoms with Gasteiger partial charge in [0.2, 0.25) is 5.91 Å². The lowest BCUT2D eigenvalue weighted by atomic mass is 10.2. The first-order valence-corrected chi connectivity index (χ1v) is 5.69. The van der Waals surface area contributed by atoms with Crippen LogP contribution in [-0.4, -0.2) is 12.5 Å². The molecule has 1 aromatic rings. The zero-order valence-corrected chi connectivity index (χ0v) is 10.3. The van der Waals surface area contributed by atoms with Gasteiger partial charge in [0.05, 0.1) is 5.69 Å². The molecule has 0 bridgehead atoms. The third-order valence-corrected chi connectivity index (χ3v) is 3.13. The summed E-state index contributed by atoms with van der Waals surface area (Å²) in [6, 6.07) is 5.77. The number of nitrogens with one attached hydrogen (secondary N) is 1. The summed E-state index contributed by atoms with van der Waals surface area (Å²) in [5.41, 5.74) is 7.25. The minimum absolute atomic E-state index is 0.00625. The molecular formula is C11H15BrN2O. The van der Waals surface area contributed by atoms with Crippen LogP contribution in [0, 0.1) is 6.92 Å². The van der Waals surface area contributed by atoms with Crippen LogP contribution in [0.1, 0.15) is 18.4 Å². The summed E-state index contributed by atoms with van der Waals surface area (Å²) < 4.78 is 0.936. The van der Waals surface area contributed by atoms with E-state index in [0.717, 1.165) is 22.1 Å². The fraction of sp³-hybridized carbons (Fsp3) is 0.364. The van der Waals surface area contributed by atoms with Gasteiger partial charge in [0.25, 0.3) is 0 Å². The first kappa shape index (κ1) is 12.2. The zero-order valence-electron chi connectivity index (χ0n) is 8.72. The highest BCUT2D eigenvalue weighted by molar-refractivity contribution is 9.10. The van der Waals surface area contributed by atoms with Crippen molar-refractivity contribution >= 4 is 27.5 Å². The molecule has 1 amide bonds. The topological polar surface area (TPSA) is 55.1 Å². The van der Waals surface area contributed by atoms with Gasteiger partial charge in [-0.05, 0) is 47.4 Å². The van der Waals surface area contributed by atoms with Gasteiger partial charge >= 0.3 is 0 Å². The third-order valence-electron chi connectivity index (χ3n) is 2.07. The van der Waals surface area contributed by atoms with Crippen LogP contribution in [-0.2, 0) is 4.79 Å². The predicted octanol–water partition coefficient (Wildman–Crippen LogP) is 2.43. The van der Waals surface area contributed by atoms with Gasteiger partial charge in [-0.3, -0.25) is 4.79 Å². The SMILES string of the molecule is Cc1cccc(NC(=O)CCCN)c1Br. The van der Waals surface area contributed by atoms with Crippen LogP contribution in [0.4, 0.5) is 5.69 Å². The number of benzene rings is 1. The lowest BCUT2D eigenvalue weighted by Gasteiger charge is -2.08. The van der Waals surface area contributed by atoms with Crippen LogP contribution < -0.4 is 11.1 Å². The van der Waals surface area contributed by atoms with Crippen LogP contribution in [0.5, 0.6) is 0 Å². The highest BCUT2D eigenvalue weighted by atomic mass is 79.9. The maximum absolute atomic E-state index is 11.4. The number of aryl methyl sites for hydroxylation is 1. The molecule has 0 aliphatic heterocycles. The number of amides is 1. The average molecular weight is 271 g/mol. The van der Waals surface area contributed by atoms with Crippen molar-refractivity contribution < 1.29 is 4.79 Å². The fourth-order valence-corrected chi connectivity index (χ4v) is 1.58. The lowest BCUT2D eigenvalue weighted by molar-refractivity contribution is -0.116. The Kier molecular flexibility index (Phi) is 4.78. The van der Waals surface area contributed by atoms with E-state index in [1.54, 1.807) is 0 Å². The van der Waals surface area contributed by atoms with Gasteiger partial charge in [-0.15, -0.1) is 0 Å². The van der Waals surface area contributed by atoms with Gasteiger partial charge in [-0.1, -0.05) is 12.1 Å². The Bertz CT molecular complexity index is 352. The van der Waals surface area contributed by atoms with Crippen molar-refractivity contribution in [3.63, 3.8) is 0 Å². The van der Waals surface area contributed by atoms with Crippen LogP contribution >= 0.6 is 15.9 Å². The zero-order chi connectivity index (χ0) is 11.3. The van der Waals surface area contributed by atoms with Crippen molar-refractivity contribution in [3.8, 4) is 0 Å². The molecule has 0 aliphatic carbocycles. The molecule has 0 spiro atoms. The van der Waals surface area contributed by atoms with Crippen molar-refractivity contribution in [3.05, 3.63) is 28.2 Å². The summed E-state index contributed by atoms with van der Waals surface area (Å²) in [7, 11) is 0. The predicted molar refractivity (Wildman–Crippen MR) is 65.8 cm³/mol. The average Bonchev–Trinajstić information content (AvgIpc) is 2.22. The standard InChI is InChI=1S/C11H15BrN2O/c1-8-4-2-5-9(11(8)12)14-10(15)6-3-7-13/h2,4-5H,3,6-7,13H2,1H3,(H,14,15). The summed E-state index contributed by atoms with van der Waals surface area (Å²) >= 11 is 3.44. The van der Waals surface area contributed by atoms with Gasteiger partial charge in [-0.25, -0.2) is 0 Å². The lowest BCUT2D eigenvalue weighted by Crippen LogP contribution is -2.13. The number of rotatable bonds is 4. The second kappa shape index (κ2) is 5.88. The first-order valence-electron chi connectivity index (χ1n) is 4.90. The van der Waals surface area contributed by atoms with E-state index in [4.69, 9.17) is 5.73 Å². The first-order chi connectivity index (χ1) is 7.15. The summed E-state index contributed by atoms with van der Waals surface area (Å²) in [5.74, 6) is 0.00625. The molecule has 0 unspecified atom stereocenters. The number of hydrogen-bond donors (Lipinski definition) is 2. The van der Waals surface area contributed by atoms with Crippen molar-refractivity contribution in [1.82, 2.24) is 0 Å². The summed E-state index contributed by atoms with van der Waals surface area (Å²) in [6.45, 7) is 2.53. The Hall–Kier alpha value is -0.870. The number of halogens is 1. The minimum atomic E-state index is 0.00625. The van der Waals surface area contributed by atoms with E-state index in [1.165, 1.54) is 0 Å². The number of carbonyl (C=O) groups is 1. The van der Waals surface area contributed by atoms with E-state index in [2.05, 4.69) is 21.2 Å². The van der Waals surface area contributed by atoms with Crippen LogP contribution in [0.3, 0.4) is 0 Å². The van der Waals surface area contributed by atoms with Crippen molar-refractivity contribution in [2.45, 2.75) is 19.8 Å². The molecule has 0 atom stereocenters. The van der Waals surface area contributed by atoms with E-state index in [0.29, 0.717) is 13.0 Å². The van der Waals surface area contributed by atoms with Crippen molar-refractivity contribution in [1.29, 1.82) is 0 Å². The molecule has 0 saturated carbocycles. The quantitative estimate of drug-likeness (QED) is 0.883. The molecule has 3 N–H and O–H groups in total. The molecule has 82 valence electrons. The molecule has 0 aromatic heterocycles. The Morgan fingerprint density at radius 1 is 1.53 bits per heavy atom. The smallest absolute Gasteiger partial charge is 0.224 e. The Balaban J connectivity index is 2.64. The minimum Gasteiger partial charge on any atom is -0.330 e. The molecule has 15 heavy (non-hydrogen) atoms. The molecule has 0 radical (unpaired) electrons. The molecule has 3 nitrogen and oxygen atoms in total. The highest BCUT2D eigenvalue weighted by Gasteiger charge is 2.05. The Labute approximate surface area is 98.2 Å². The van der Waals surface area contributed by atoms with Crippen molar-refractivity contribution in [2.24, 2.45) is 5.73 Å². The Morgan fingerprint density at radius 3 is 2.93 bits per heavy atom. The van der Waals surface area contributed by atoms with E-state index >= 15 is 0 Å². The molecule has 0 saturated heterocycles. The number of carbonyl (C=O) groups excluding carboxylic acids is 1. The van der Waals surface area contributed by atoms with E-state index in [9.17, 15) is 4.79 Å².